The number of hydrogen-bond donors (Lipinski definition) is 1. The van der Waals surface area contributed by atoms with Crippen molar-refractivity contribution in [2.45, 2.75) is 26.8 Å². The summed E-state index contributed by atoms with van der Waals surface area (Å²) in [5.41, 5.74) is 1.97. The summed E-state index contributed by atoms with van der Waals surface area (Å²) in [6, 6.07) is 6.53. The van der Waals surface area contributed by atoms with Gasteiger partial charge in [-0.15, -0.1) is 0 Å². The molecular weight excluding hydrogens is 372 g/mol. The predicted molar refractivity (Wildman–Crippen MR) is 103 cm³/mol. The third-order valence-electron chi connectivity index (χ3n) is 3.79. The number of carbonyl (C=O) groups excluding carboxylic acids is 3. The number of carboxylic acids is 1. The maximum atomic E-state index is 12.5. The largest absolute Gasteiger partial charge is 0.548 e. The maximum Gasteiger partial charge on any atom is 0.266 e. The molecule has 1 aliphatic rings. The van der Waals surface area contributed by atoms with Crippen molar-refractivity contribution < 1.29 is 19.5 Å². The number of aryl methyl sites for hydroxylation is 1. The number of hydrogen-bond acceptors (Lipinski definition) is 6. The van der Waals surface area contributed by atoms with Gasteiger partial charge in [-0.2, -0.15) is 0 Å². The molecule has 1 fully saturated rings. The SMILES string of the molecule is Cc1ccc(/C=C2/SC(=S)N(CC(=O)N[C@H](C(=O)[O-])C(C)C)C2=O)cc1. The fourth-order valence-corrected chi connectivity index (χ4v) is 3.57. The lowest BCUT2D eigenvalue weighted by Crippen LogP contribution is -2.53. The lowest BCUT2D eigenvalue weighted by molar-refractivity contribution is -0.309. The summed E-state index contributed by atoms with van der Waals surface area (Å²) in [6.07, 6.45) is 1.72. The van der Waals surface area contributed by atoms with Gasteiger partial charge in [0.2, 0.25) is 5.91 Å². The molecule has 1 N–H and O–H groups in total. The van der Waals surface area contributed by atoms with E-state index in [9.17, 15) is 19.5 Å². The molecule has 0 radical (unpaired) electrons. The van der Waals surface area contributed by atoms with E-state index in [0.717, 1.165) is 22.9 Å². The molecule has 1 atom stereocenters. The van der Waals surface area contributed by atoms with Crippen LogP contribution < -0.4 is 10.4 Å². The first-order valence-electron chi connectivity index (χ1n) is 8.01. The molecule has 1 aromatic rings. The number of thioether (sulfide) groups is 1. The van der Waals surface area contributed by atoms with Gasteiger partial charge in [-0.25, -0.2) is 0 Å². The van der Waals surface area contributed by atoms with E-state index >= 15 is 0 Å². The number of benzene rings is 1. The van der Waals surface area contributed by atoms with Gasteiger partial charge in [-0.1, -0.05) is 67.7 Å². The van der Waals surface area contributed by atoms with Gasteiger partial charge >= 0.3 is 0 Å². The minimum absolute atomic E-state index is 0.262. The third kappa shape index (κ3) is 4.92. The molecular formula is C18H19N2O4S2-. The standard InChI is InChI=1S/C18H20N2O4S2/c1-10(2)15(17(23)24)19-14(21)9-20-16(22)13(26-18(20)25)8-12-6-4-11(3)5-7-12/h4-8,10,15H,9H2,1-3H3,(H,19,21)(H,23,24)/p-1/b13-8+/t15-/m0/s1. The second kappa shape index (κ2) is 8.46. The minimum Gasteiger partial charge on any atom is -0.548 e. The Balaban J connectivity index is 2.08. The van der Waals surface area contributed by atoms with Crippen LogP contribution in [0.3, 0.4) is 0 Å². The number of nitrogens with zero attached hydrogens (tertiary/aromatic N) is 1. The number of nitrogens with one attached hydrogen (secondary N) is 1. The third-order valence-corrected chi connectivity index (χ3v) is 5.17. The predicted octanol–water partition coefficient (Wildman–Crippen LogP) is 1.09. The van der Waals surface area contributed by atoms with Crippen molar-refractivity contribution >= 4 is 52.2 Å². The Morgan fingerprint density at radius 2 is 1.92 bits per heavy atom. The van der Waals surface area contributed by atoms with Crippen molar-refractivity contribution in [3.63, 3.8) is 0 Å². The molecule has 2 rings (SSSR count). The molecule has 1 heterocycles. The zero-order valence-corrected chi connectivity index (χ0v) is 16.3. The van der Waals surface area contributed by atoms with Crippen molar-refractivity contribution in [1.82, 2.24) is 10.2 Å². The van der Waals surface area contributed by atoms with Crippen molar-refractivity contribution in [3.8, 4) is 0 Å². The second-order valence-electron chi connectivity index (χ2n) is 6.29. The average molecular weight is 391 g/mol. The number of rotatable bonds is 6. The van der Waals surface area contributed by atoms with Gasteiger partial charge in [0.1, 0.15) is 10.9 Å². The summed E-state index contributed by atoms with van der Waals surface area (Å²) in [5, 5.41) is 13.4. The highest BCUT2D eigenvalue weighted by atomic mass is 32.2. The van der Waals surface area contributed by atoms with E-state index in [1.54, 1.807) is 19.9 Å². The molecule has 0 bridgehead atoms. The van der Waals surface area contributed by atoms with Gasteiger partial charge in [-0.3, -0.25) is 14.5 Å². The van der Waals surface area contributed by atoms with E-state index in [-0.39, 0.29) is 22.7 Å². The molecule has 0 unspecified atom stereocenters. The zero-order chi connectivity index (χ0) is 19.4. The molecule has 0 aliphatic carbocycles. The van der Waals surface area contributed by atoms with E-state index < -0.39 is 17.9 Å². The first-order chi connectivity index (χ1) is 12.2. The molecule has 138 valence electrons. The first-order valence-corrected chi connectivity index (χ1v) is 9.23. The minimum atomic E-state index is -1.36. The van der Waals surface area contributed by atoms with Crippen LogP contribution in [0.5, 0.6) is 0 Å². The molecule has 0 aromatic heterocycles. The topological polar surface area (TPSA) is 89.5 Å². The number of carbonyl (C=O) groups is 3. The summed E-state index contributed by atoms with van der Waals surface area (Å²) >= 11 is 6.30. The van der Waals surface area contributed by atoms with Gasteiger partial charge in [0.05, 0.1) is 16.9 Å². The number of amides is 2. The Kier molecular flexibility index (Phi) is 6.55. The molecule has 1 aliphatic heterocycles. The molecule has 6 nitrogen and oxygen atoms in total. The van der Waals surface area contributed by atoms with Crippen molar-refractivity contribution in [2.24, 2.45) is 5.92 Å². The van der Waals surface area contributed by atoms with Crippen LogP contribution in [0, 0.1) is 12.8 Å². The molecule has 26 heavy (non-hydrogen) atoms. The molecule has 0 spiro atoms. The Labute approximate surface area is 161 Å². The first kappa shape index (κ1) is 20.1. The summed E-state index contributed by atoms with van der Waals surface area (Å²) in [5.74, 6) is -2.67. The Hall–Kier alpha value is -2.19. The van der Waals surface area contributed by atoms with Crippen molar-refractivity contribution in [1.29, 1.82) is 0 Å². The number of aliphatic carboxylic acids is 1. The summed E-state index contributed by atoms with van der Waals surface area (Å²) in [4.78, 5) is 37.3. The van der Waals surface area contributed by atoms with Crippen molar-refractivity contribution in [2.75, 3.05) is 6.54 Å². The highest BCUT2D eigenvalue weighted by Crippen LogP contribution is 2.32. The van der Waals surface area contributed by atoms with Crippen LogP contribution in [0.1, 0.15) is 25.0 Å². The summed E-state index contributed by atoms with van der Waals surface area (Å²) in [7, 11) is 0. The van der Waals surface area contributed by atoms with Crippen LogP contribution in [0.15, 0.2) is 29.2 Å². The van der Waals surface area contributed by atoms with Crippen LogP contribution in [-0.2, 0) is 14.4 Å². The van der Waals surface area contributed by atoms with E-state index in [1.165, 1.54) is 4.90 Å². The van der Waals surface area contributed by atoms with E-state index in [2.05, 4.69) is 5.32 Å². The van der Waals surface area contributed by atoms with Gasteiger partial charge in [0.25, 0.3) is 5.91 Å². The Morgan fingerprint density at radius 3 is 2.46 bits per heavy atom. The Morgan fingerprint density at radius 1 is 1.31 bits per heavy atom. The normalized spacial score (nSPS) is 17.1. The lowest BCUT2D eigenvalue weighted by Gasteiger charge is -2.24. The maximum absolute atomic E-state index is 12.5. The van der Waals surface area contributed by atoms with Gasteiger partial charge < -0.3 is 15.2 Å². The van der Waals surface area contributed by atoms with Gasteiger partial charge in [-0.05, 0) is 24.5 Å². The lowest BCUT2D eigenvalue weighted by atomic mass is 10.0. The van der Waals surface area contributed by atoms with Gasteiger partial charge in [0.15, 0.2) is 0 Å². The number of carboxylic acid groups (broad SMARTS) is 1. The smallest absolute Gasteiger partial charge is 0.266 e. The summed E-state index contributed by atoms with van der Waals surface area (Å²) in [6.45, 7) is 4.96. The van der Waals surface area contributed by atoms with Crippen LogP contribution in [0.25, 0.3) is 6.08 Å². The van der Waals surface area contributed by atoms with Crippen LogP contribution >= 0.6 is 24.0 Å². The van der Waals surface area contributed by atoms with E-state index in [1.807, 2.05) is 31.2 Å². The molecule has 1 aromatic carbocycles. The van der Waals surface area contributed by atoms with E-state index in [4.69, 9.17) is 12.2 Å². The molecule has 8 heteroatoms. The molecule has 2 amide bonds. The monoisotopic (exact) mass is 391 g/mol. The van der Waals surface area contributed by atoms with Crippen LogP contribution in [0.2, 0.25) is 0 Å². The van der Waals surface area contributed by atoms with E-state index in [0.29, 0.717) is 4.91 Å². The van der Waals surface area contributed by atoms with Gasteiger partial charge in [0, 0.05) is 0 Å². The fourth-order valence-electron chi connectivity index (χ4n) is 2.31. The highest BCUT2D eigenvalue weighted by Gasteiger charge is 2.33. The van der Waals surface area contributed by atoms with Crippen LogP contribution in [0.4, 0.5) is 0 Å². The van der Waals surface area contributed by atoms with Crippen molar-refractivity contribution in [3.05, 3.63) is 40.3 Å². The summed E-state index contributed by atoms with van der Waals surface area (Å²) < 4.78 is 0.262. The zero-order valence-electron chi connectivity index (χ0n) is 14.6. The number of thiocarbonyl (C=S) groups is 1. The molecule has 1 saturated heterocycles. The van der Waals surface area contributed by atoms with Crippen LogP contribution in [-0.4, -0.2) is 39.6 Å². The molecule has 0 saturated carbocycles. The highest BCUT2D eigenvalue weighted by molar-refractivity contribution is 8.26. The fraction of sp³-hybridized carbons (Fsp3) is 0.333. The quantitative estimate of drug-likeness (QED) is 0.577. The Bertz CT molecular complexity index is 772. The average Bonchev–Trinajstić information content (AvgIpc) is 2.81. The second-order valence-corrected chi connectivity index (χ2v) is 7.96.